The number of hydrogen-bond donors (Lipinski definition) is 2. The minimum absolute atomic E-state index is 0.771. The molecular formula is C19H18N2. The first-order valence-corrected chi connectivity index (χ1v) is 6.96. The molecule has 0 heterocycles. The zero-order valence-electron chi connectivity index (χ0n) is 12.0. The molecule has 0 radical (unpaired) electrons. The molecule has 0 amide bonds. The van der Waals surface area contributed by atoms with Crippen molar-refractivity contribution < 1.29 is 0 Å². The lowest BCUT2D eigenvalue weighted by atomic mass is 9.97. The second-order valence-electron chi connectivity index (χ2n) is 5.29. The number of benzene rings is 3. The van der Waals surface area contributed by atoms with E-state index in [1.807, 2.05) is 36.4 Å². The minimum Gasteiger partial charge on any atom is -0.399 e. The van der Waals surface area contributed by atoms with Crippen LogP contribution in [0.3, 0.4) is 0 Å². The monoisotopic (exact) mass is 274 g/mol. The molecule has 0 fully saturated rings. The predicted molar refractivity (Wildman–Crippen MR) is 90.9 cm³/mol. The fraction of sp³-hybridized carbons (Fsp3) is 0.0526. The zero-order valence-corrected chi connectivity index (χ0v) is 12.0. The molecule has 3 aromatic carbocycles. The van der Waals surface area contributed by atoms with E-state index in [0.717, 1.165) is 33.6 Å². The van der Waals surface area contributed by atoms with E-state index in [4.69, 9.17) is 11.5 Å². The van der Waals surface area contributed by atoms with E-state index in [1.165, 1.54) is 5.56 Å². The third-order valence-corrected chi connectivity index (χ3v) is 3.66. The quantitative estimate of drug-likeness (QED) is 0.676. The number of anilines is 2. The van der Waals surface area contributed by atoms with E-state index < -0.39 is 0 Å². The molecule has 2 nitrogen and oxygen atoms in total. The van der Waals surface area contributed by atoms with Gasteiger partial charge in [0.05, 0.1) is 0 Å². The van der Waals surface area contributed by atoms with Gasteiger partial charge in [-0.1, -0.05) is 48.0 Å². The molecule has 3 aromatic rings. The number of nitrogens with two attached hydrogens (primary N) is 2. The molecule has 0 bridgehead atoms. The summed E-state index contributed by atoms with van der Waals surface area (Å²) in [4.78, 5) is 0. The van der Waals surface area contributed by atoms with Crippen LogP contribution in [0.15, 0.2) is 66.7 Å². The summed E-state index contributed by atoms with van der Waals surface area (Å²) in [5, 5.41) is 0. The van der Waals surface area contributed by atoms with E-state index in [9.17, 15) is 0 Å². The molecule has 0 aliphatic carbocycles. The van der Waals surface area contributed by atoms with Gasteiger partial charge in [-0.15, -0.1) is 0 Å². The zero-order chi connectivity index (χ0) is 14.8. The molecule has 3 rings (SSSR count). The van der Waals surface area contributed by atoms with Gasteiger partial charge in [-0.3, -0.25) is 0 Å². The van der Waals surface area contributed by atoms with Crippen molar-refractivity contribution in [2.45, 2.75) is 6.92 Å². The summed E-state index contributed by atoms with van der Waals surface area (Å²) >= 11 is 0. The lowest BCUT2D eigenvalue weighted by Gasteiger charge is -2.10. The van der Waals surface area contributed by atoms with Gasteiger partial charge < -0.3 is 11.5 Å². The van der Waals surface area contributed by atoms with Crippen LogP contribution in [0.25, 0.3) is 22.3 Å². The number of hydrogen-bond acceptors (Lipinski definition) is 2. The Morgan fingerprint density at radius 2 is 1.19 bits per heavy atom. The van der Waals surface area contributed by atoms with Crippen molar-refractivity contribution in [3.8, 4) is 22.3 Å². The molecule has 0 saturated heterocycles. The first-order valence-electron chi connectivity index (χ1n) is 6.96. The van der Waals surface area contributed by atoms with Gasteiger partial charge in [-0.2, -0.15) is 0 Å². The van der Waals surface area contributed by atoms with Crippen LogP contribution in [0.4, 0.5) is 11.4 Å². The molecule has 0 unspecified atom stereocenters. The third kappa shape index (κ3) is 2.75. The second kappa shape index (κ2) is 5.33. The Hall–Kier alpha value is -2.74. The van der Waals surface area contributed by atoms with Crippen LogP contribution in [0, 0.1) is 6.92 Å². The van der Waals surface area contributed by atoms with Crippen molar-refractivity contribution in [3.63, 3.8) is 0 Å². The van der Waals surface area contributed by atoms with Crippen LogP contribution in [-0.4, -0.2) is 0 Å². The molecule has 0 spiro atoms. The minimum atomic E-state index is 0.771. The molecule has 21 heavy (non-hydrogen) atoms. The largest absolute Gasteiger partial charge is 0.399 e. The third-order valence-electron chi connectivity index (χ3n) is 3.66. The lowest BCUT2D eigenvalue weighted by Crippen LogP contribution is -1.91. The van der Waals surface area contributed by atoms with Crippen LogP contribution in [-0.2, 0) is 0 Å². The van der Waals surface area contributed by atoms with E-state index in [-0.39, 0.29) is 0 Å². The van der Waals surface area contributed by atoms with Gasteiger partial charge in [0, 0.05) is 16.9 Å². The summed E-state index contributed by atoms with van der Waals surface area (Å²) in [6, 6.07) is 22.4. The van der Waals surface area contributed by atoms with E-state index in [1.54, 1.807) is 0 Å². The van der Waals surface area contributed by atoms with E-state index in [2.05, 4.69) is 37.3 Å². The van der Waals surface area contributed by atoms with Crippen molar-refractivity contribution in [1.29, 1.82) is 0 Å². The Bertz CT molecular complexity index is 757. The normalized spacial score (nSPS) is 10.5. The van der Waals surface area contributed by atoms with Crippen molar-refractivity contribution >= 4 is 11.4 Å². The summed E-state index contributed by atoms with van der Waals surface area (Å²) in [6.07, 6.45) is 0. The van der Waals surface area contributed by atoms with Gasteiger partial charge in [0.1, 0.15) is 0 Å². The van der Waals surface area contributed by atoms with E-state index in [0.29, 0.717) is 0 Å². The second-order valence-corrected chi connectivity index (χ2v) is 5.29. The summed E-state index contributed by atoms with van der Waals surface area (Å²) in [5.74, 6) is 0. The molecule has 2 heteroatoms. The molecule has 4 N–H and O–H groups in total. The maximum Gasteiger partial charge on any atom is 0.0394 e. The lowest BCUT2D eigenvalue weighted by molar-refractivity contribution is 1.47. The van der Waals surface area contributed by atoms with Crippen molar-refractivity contribution in [2.24, 2.45) is 0 Å². The summed E-state index contributed by atoms with van der Waals surface area (Å²) in [7, 11) is 0. The van der Waals surface area contributed by atoms with Gasteiger partial charge in [0.25, 0.3) is 0 Å². The Morgan fingerprint density at radius 3 is 1.86 bits per heavy atom. The molecule has 0 atom stereocenters. The highest BCUT2D eigenvalue weighted by Crippen LogP contribution is 2.31. The van der Waals surface area contributed by atoms with Gasteiger partial charge in [0.2, 0.25) is 0 Å². The highest BCUT2D eigenvalue weighted by Gasteiger charge is 2.05. The predicted octanol–water partition coefficient (Wildman–Crippen LogP) is 4.49. The van der Waals surface area contributed by atoms with Gasteiger partial charge in [-0.05, 0) is 47.9 Å². The molecule has 104 valence electrons. The van der Waals surface area contributed by atoms with Crippen LogP contribution < -0.4 is 11.5 Å². The van der Waals surface area contributed by atoms with Crippen LogP contribution in [0.5, 0.6) is 0 Å². The van der Waals surface area contributed by atoms with Crippen molar-refractivity contribution in [1.82, 2.24) is 0 Å². The fourth-order valence-corrected chi connectivity index (χ4v) is 2.39. The standard InChI is InChI=1S/C19H18N2/c1-13-2-4-15(5-3-13)18-12-16(8-11-19(18)21)14-6-9-17(20)10-7-14/h2-12H,20-21H2,1H3. The van der Waals surface area contributed by atoms with E-state index >= 15 is 0 Å². The maximum absolute atomic E-state index is 6.14. The van der Waals surface area contributed by atoms with Crippen molar-refractivity contribution in [2.75, 3.05) is 11.5 Å². The molecular weight excluding hydrogens is 256 g/mol. The SMILES string of the molecule is Cc1ccc(-c2cc(-c3ccc(N)cc3)ccc2N)cc1. The highest BCUT2D eigenvalue weighted by atomic mass is 14.6. The smallest absolute Gasteiger partial charge is 0.0394 e. The maximum atomic E-state index is 6.14. The van der Waals surface area contributed by atoms with Crippen molar-refractivity contribution in [3.05, 3.63) is 72.3 Å². The first-order chi connectivity index (χ1) is 10.1. The summed E-state index contributed by atoms with van der Waals surface area (Å²) in [5.41, 5.74) is 19.2. The van der Waals surface area contributed by atoms with Crippen LogP contribution in [0.2, 0.25) is 0 Å². The fourth-order valence-electron chi connectivity index (χ4n) is 2.39. The van der Waals surface area contributed by atoms with Crippen LogP contribution in [0.1, 0.15) is 5.56 Å². The van der Waals surface area contributed by atoms with Gasteiger partial charge >= 0.3 is 0 Å². The Morgan fingerprint density at radius 1 is 0.619 bits per heavy atom. The first kappa shape index (κ1) is 13.3. The number of aryl methyl sites for hydroxylation is 1. The summed E-state index contributed by atoms with van der Waals surface area (Å²) < 4.78 is 0. The number of nitrogen functional groups attached to an aromatic ring is 2. The molecule has 0 aromatic heterocycles. The Labute approximate surface area is 125 Å². The Kier molecular flexibility index (Phi) is 3.36. The number of rotatable bonds is 2. The van der Waals surface area contributed by atoms with Gasteiger partial charge in [-0.25, -0.2) is 0 Å². The Balaban J connectivity index is 2.07. The molecule has 0 aliphatic heterocycles. The molecule has 0 saturated carbocycles. The average molecular weight is 274 g/mol. The summed E-state index contributed by atoms with van der Waals surface area (Å²) in [6.45, 7) is 2.08. The highest BCUT2D eigenvalue weighted by molar-refractivity contribution is 5.82. The van der Waals surface area contributed by atoms with Crippen LogP contribution >= 0.6 is 0 Å². The molecule has 0 aliphatic rings. The average Bonchev–Trinajstić information content (AvgIpc) is 2.50. The van der Waals surface area contributed by atoms with Gasteiger partial charge in [0.15, 0.2) is 0 Å². The topological polar surface area (TPSA) is 52.0 Å².